The average molecular weight is 173 g/mol. The number of pyridine rings is 1. The first-order chi connectivity index (χ1) is 6.38. The number of hydrogen-bond donors (Lipinski definition) is 2. The van der Waals surface area contributed by atoms with Gasteiger partial charge < -0.3 is 11.1 Å². The number of nitrogens with zero attached hydrogens (tertiary/aromatic N) is 1. The molecule has 3 N–H and O–H groups in total. The van der Waals surface area contributed by atoms with E-state index in [1.54, 1.807) is 12.4 Å². The maximum Gasteiger partial charge on any atom is 0.0385 e. The molecule has 0 amide bonds. The highest BCUT2D eigenvalue weighted by Gasteiger charge is 2.06. The molecule has 1 aromatic rings. The SMILES string of the molecule is NC1=CCNC=C1c1ccncc1. The van der Waals surface area contributed by atoms with Crippen molar-refractivity contribution in [1.82, 2.24) is 10.3 Å². The van der Waals surface area contributed by atoms with Crippen molar-refractivity contribution in [3.8, 4) is 0 Å². The Bertz CT molecular complexity index is 352. The Morgan fingerprint density at radius 1 is 1.31 bits per heavy atom. The van der Waals surface area contributed by atoms with E-state index in [4.69, 9.17) is 5.73 Å². The molecule has 0 spiro atoms. The number of rotatable bonds is 1. The van der Waals surface area contributed by atoms with Crippen molar-refractivity contribution in [2.45, 2.75) is 0 Å². The van der Waals surface area contributed by atoms with Gasteiger partial charge in [-0.3, -0.25) is 4.98 Å². The molecule has 3 heteroatoms. The van der Waals surface area contributed by atoms with Gasteiger partial charge in [-0.15, -0.1) is 0 Å². The fourth-order valence-corrected chi connectivity index (χ4v) is 1.30. The van der Waals surface area contributed by atoms with Gasteiger partial charge in [-0.05, 0) is 23.8 Å². The fraction of sp³-hybridized carbons (Fsp3) is 0.100. The number of nitrogens with one attached hydrogen (secondary N) is 1. The number of dihydropyridines is 1. The maximum absolute atomic E-state index is 5.84. The first-order valence-electron chi connectivity index (χ1n) is 4.18. The molecular weight excluding hydrogens is 162 g/mol. The molecule has 0 aliphatic carbocycles. The summed E-state index contributed by atoms with van der Waals surface area (Å²) in [4.78, 5) is 3.96. The third kappa shape index (κ3) is 1.54. The Morgan fingerprint density at radius 2 is 2.08 bits per heavy atom. The molecule has 0 atom stereocenters. The topological polar surface area (TPSA) is 50.9 Å². The lowest BCUT2D eigenvalue weighted by Gasteiger charge is -2.13. The van der Waals surface area contributed by atoms with Gasteiger partial charge in [0.15, 0.2) is 0 Å². The molecule has 1 aromatic heterocycles. The Kier molecular flexibility index (Phi) is 2.00. The Labute approximate surface area is 77.0 Å². The third-order valence-corrected chi connectivity index (χ3v) is 1.99. The van der Waals surface area contributed by atoms with Crippen molar-refractivity contribution in [3.63, 3.8) is 0 Å². The van der Waals surface area contributed by atoms with Crippen LogP contribution in [-0.4, -0.2) is 11.5 Å². The molecule has 2 heterocycles. The van der Waals surface area contributed by atoms with E-state index in [0.29, 0.717) is 0 Å². The van der Waals surface area contributed by atoms with Crippen molar-refractivity contribution in [2.75, 3.05) is 6.54 Å². The minimum Gasteiger partial charge on any atom is -0.398 e. The summed E-state index contributed by atoms with van der Waals surface area (Å²) in [6.45, 7) is 0.806. The van der Waals surface area contributed by atoms with Crippen LogP contribution in [0.25, 0.3) is 5.57 Å². The first kappa shape index (κ1) is 7.86. The molecule has 13 heavy (non-hydrogen) atoms. The quantitative estimate of drug-likeness (QED) is 0.662. The van der Waals surface area contributed by atoms with Crippen molar-refractivity contribution < 1.29 is 0 Å². The summed E-state index contributed by atoms with van der Waals surface area (Å²) >= 11 is 0. The monoisotopic (exact) mass is 173 g/mol. The lowest BCUT2D eigenvalue weighted by Crippen LogP contribution is -2.16. The zero-order chi connectivity index (χ0) is 9.10. The summed E-state index contributed by atoms with van der Waals surface area (Å²) in [5.74, 6) is 0. The molecule has 3 nitrogen and oxygen atoms in total. The molecule has 0 saturated carbocycles. The molecule has 1 aliphatic rings. The smallest absolute Gasteiger partial charge is 0.0385 e. The van der Waals surface area contributed by atoms with Crippen molar-refractivity contribution in [1.29, 1.82) is 0 Å². The summed E-state index contributed by atoms with van der Waals surface area (Å²) in [6.07, 6.45) is 7.43. The summed E-state index contributed by atoms with van der Waals surface area (Å²) in [5.41, 5.74) is 8.80. The van der Waals surface area contributed by atoms with Gasteiger partial charge in [0, 0.05) is 36.4 Å². The van der Waals surface area contributed by atoms with Gasteiger partial charge >= 0.3 is 0 Å². The van der Waals surface area contributed by atoms with Crippen LogP contribution in [0.4, 0.5) is 0 Å². The van der Waals surface area contributed by atoms with Crippen LogP contribution in [0.5, 0.6) is 0 Å². The van der Waals surface area contributed by atoms with Crippen LogP contribution in [-0.2, 0) is 0 Å². The zero-order valence-corrected chi connectivity index (χ0v) is 7.20. The Morgan fingerprint density at radius 3 is 2.77 bits per heavy atom. The van der Waals surface area contributed by atoms with Gasteiger partial charge in [-0.25, -0.2) is 0 Å². The molecule has 0 bridgehead atoms. The van der Waals surface area contributed by atoms with Gasteiger partial charge in [-0.2, -0.15) is 0 Å². The minimum atomic E-state index is 0.806. The van der Waals surface area contributed by atoms with Crippen molar-refractivity contribution in [2.24, 2.45) is 5.73 Å². The largest absolute Gasteiger partial charge is 0.398 e. The molecule has 0 unspecified atom stereocenters. The van der Waals surface area contributed by atoms with E-state index in [2.05, 4.69) is 10.3 Å². The second kappa shape index (κ2) is 3.31. The molecule has 0 aromatic carbocycles. The van der Waals surface area contributed by atoms with E-state index >= 15 is 0 Å². The van der Waals surface area contributed by atoms with Crippen LogP contribution in [0.1, 0.15) is 5.56 Å². The molecule has 0 saturated heterocycles. The predicted octanol–water partition coefficient (Wildman–Crippen LogP) is 0.868. The van der Waals surface area contributed by atoms with Gasteiger partial charge in [0.1, 0.15) is 0 Å². The van der Waals surface area contributed by atoms with Crippen molar-refractivity contribution >= 4 is 5.57 Å². The highest BCUT2D eigenvalue weighted by atomic mass is 14.8. The Hall–Kier alpha value is -1.77. The zero-order valence-electron chi connectivity index (χ0n) is 7.20. The van der Waals surface area contributed by atoms with E-state index in [1.807, 2.05) is 24.4 Å². The van der Waals surface area contributed by atoms with Crippen LogP contribution in [0.2, 0.25) is 0 Å². The highest BCUT2D eigenvalue weighted by molar-refractivity contribution is 5.78. The molecule has 66 valence electrons. The number of hydrogen-bond acceptors (Lipinski definition) is 3. The minimum absolute atomic E-state index is 0.806. The molecule has 1 aliphatic heterocycles. The van der Waals surface area contributed by atoms with Crippen LogP contribution in [0.15, 0.2) is 42.5 Å². The maximum atomic E-state index is 5.84. The lowest BCUT2D eigenvalue weighted by molar-refractivity contribution is 0.960. The Balaban J connectivity index is 2.37. The van der Waals surface area contributed by atoms with Crippen LogP contribution in [0.3, 0.4) is 0 Å². The normalized spacial score (nSPS) is 15.7. The molecule has 0 fully saturated rings. The average Bonchev–Trinajstić information content (AvgIpc) is 2.20. The van der Waals surface area contributed by atoms with E-state index < -0.39 is 0 Å². The lowest BCUT2D eigenvalue weighted by atomic mass is 10.0. The van der Waals surface area contributed by atoms with Crippen molar-refractivity contribution in [3.05, 3.63) is 48.1 Å². The van der Waals surface area contributed by atoms with Crippen LogP contribution in [0, 0.1) is 0 Å². The number of allylic oxidation sites excluding steroid dienone is 1. The highest BCUT2D eigenvalue weighted by Crippen LogP contribution is 2.19. The van der Waals surface area contributed by atoms with Gasteiger partial charge in [-0.1, -0.05) is 0 Å². The van der Waals surface area contributed by atoms with E-state index in [1.165, 1.54) is 0 Å². The predicted molar refractivity (Wildman–Crippen MR) is 52.5 cm³/mol. The van der Waals surface area contributed by atoms with Gasteiger partial charge in [0.2, 0.25) is 0 Å². The standard InChI is InChI=1S/C10H11N3/c11-10-3-6-13-7-9(10)8-1-4-12-5-2-8/h1-5,7,13H,6,11H2. The molecular formula is C10H11N3. The third-order valence-electron chi connectivity index (χ3n) is 1.99. The first-order valence-corrected chi connectivity index (χ1v) is 4.18. The van der Waals surface area contributed by atoms with Crippen LogP contribution < -0.4 is 11.1 Å². The molecule has 2 rings (SSSR count). The summed E-state index contributed by atoms with van der Waals surface area (Å²) < 4.78 is 0. The fourth-order valence-electron chi connectivity index (χ4n) is 1.30. The van der Waals surface area contributed by atoms with E-state index in [-0.39, 0.29) is 0 Å². The number of aromatic nitrogens is 1. The van der Waals surface area contributed by atoms with Gasteiger partial charge in [0.05, 0.1) is 0 Å². The van der Waals surface area contributed by atoms with E-state index in [9.17, 15) is 0 Å². The summed E-state index contributed by atoms with van der Waals surface area (Å²) in [6, 6.07) is 3.89. The van der Waals surface area contributed by atoms with Gasteiger partial charge in [0.25, 0.3) is 0 Å². The second-order valence-corrected chi connectivity index (χ2v) is 2.86. The molecule has 0 radical (unpaired) electrons. The number of nitrogens with two attached hydrogens (primary N) is 1. The summed E-state index contributed by atoms with van der Waals surface area (Å²) in [5, 5.41) is 3.12. The second-order valence-electron chi connectivity index (χ2n) is 2.86. The van der Waals surface area contributed by atoms with Crippen LogP contribution >= 0.6 is 0 Å². The summed E-state index contributed by atoms with van der Waals surface area (Å²) in [7, 11) is 0. The van der Waals surface area contributed by atoms with E-state index in [0.717, 1.165) is 23.4 Å².